The molecule has 3 aliphatic rings. The molecule has 2 N–H and O–H groups in total. The summed E-state index contributed by atoms with van der Waals surface area (Å²) in [7, 11) is 4.93. The molecule has 0 spiro atoms. The first kappa shape index (κ1) is 20.8. The fraction of sp³-hybridized carbons (Fsp3) is 0.476. The lowest BCUT2D eigenvalue weighted by atomic mass is 10.1. The van der Waals surface area contributed by atoms with Crippen LogP contribution in [-0.2, 0) is 4.79 Å². The van der Waals surface area contributed by atoms with Crippen LogP contribution in [0.4, 0.5) is 10.5 Å². The van der Waals surface area contributed by atoms with Crippen molar-refractivity contribution in [2.24, 2.45) is 4.99 Å². The summed E-state index contributed by atoms with van der Waals surface area (Å²) in [6.07, 6.45) is 0.315. The summed E-state index contributed by atoms with van der Waals surface area (Å²) in [6.45, 7) is 5.44. The van der Waals surface area contributed by atoms with Gasteiger partial charge in [-0.05, 0) is 32.4 Å². The number of aliphatic imine (C=N–C) groups is 1. The molecule has 0 radical (unpaired) electrons. The predicted molar refractivity (Wildman–Crippen MR) is 116 cm³/mol. The van der Waals surface area contributed by atoms with Crippen molar-refractivity contribution in [1.82, 2.24) is 20.0 Å². The third-order valence-corrected chi connectivity index (χ3v) is 6.05. The summed E-state index contributed by atoms with van der Waals surface area (Å²) in [5, 5.41) is 5.81. The van der Waals surface area contributed by atoms with Gasteiger partial charge in [0.1, 0.15) is 11.5 Å². The molecule has 4 rings (SSSR count). The molecule has 2 unspecified atom stereocenters. The summed E-state index contributed by atoms with van der Waals surface area (Å²) >= 11 is 0. The van der Waals surface area contributed by atoms with Crippen LogP contribution in [0.15, 0.2) is 34.6 Å². The number of rotatable bonds is 7. The number of fused-ring (bicyclic) bond motifs is 3. The van der Waals surface area contributed by atoms with E-state index in [-0.39, 0.29) is 5.91 Å². The van der Waals surface area contributed by atoms with E-state index < -0.39 is 18.2 Å². The number of benzene rings is 1. The second-order valence-corrected chi connectivity index (χ2v) is 7.73. The lowest BCUT2D eigenvalue weighted by Crippen LogP contribution is -2.63. The number of amides is 3. The van der Waals surface area contributed by atoms with Gasteiger partial charge in [-0.3, -0.25) is 15.0 Å². The molecular formula is C21H28N6O4. The number of likely N-dealkylation sites (N-methyl/N-ethyl adjacent to an activating group) is 1. The number of carbonyl (C=O) groups is 2. The number of nitrogens with one attached hydrogen (secondary N) is 2. The minimum absolute atomic E-state index is 0.312. The van der Waals surface area contributed by atoms with Gasteiger partial charge in [-0.1, -0.05) is 0 Å². The number of nitrogens with zero attached hydrogens (tertiary/aromatic N) is 4. The first-order valence-corrected chi connectivity index (χ1v) is 10.2. The van der Waals surface area contributed by atoms with E-state index in [9.17, 15) is 9.59 Å². The zero-order valence-electron chi connectivity index (χ0n) is 18.4. The Hall–Kier alpha value is -3.43. The highest BCUT2D eigenvalue weighted by atomic mass is 16.5. The van der Waals surface area contributed by atoms with Gasteiger partial charge in [0.25, 0.3) is 5.91 Å². The van der Waals surface area contributed by atoms with Gasteiger partial charge < -0.3 is 24.6 Å². The second-order valence-electron chi connectivity index (χ2n) is 7.73. The molecule has 0 saturated carbocycles. The van der Waals surface area contributed by atoms with E-state index in [0.29, 0.717) is 6.54 Å². The standard InChI is InChI=1S/C21H28N6O4/c1-12-13(2)27-17-18(25(3)21(29)24-19(17)28)23-20(27)26(12)10-6-9-22-15-11-14(30-4)7-8-16(15)31-5/h7-8,11,17-18,22H,6,9-10H2,1-5H3,(H,24,28,29). The molecule has 31 heavy (non-hydrogen) atoms. The molecule has 10 heteroatoms. The van der Waals surface area contributed by atoms with E-state index in [1.54, 1.807) is 21.3 Å². The Morgan fingerprint density at radius 2 is 1.94 bits per heavy atom. The number of allylic oxidation sites excluding steroid dienone is 2. The summed E-state index contributed by atoms with van der Waals surface area (Å²) in [4.78, 5) is 34.8. The van der Waals surface area contributed by atoms with E-state index in [1.807, 2.05) is 36.9 Å². The van der Waals surface area contributed by atoms with Gasteiger partial charge in [-0.15, -0.1) is 0 Å². The summed E-state index contributed by atoms with van der Waals surface area (Å²) < 4.78 is 10.7. The molecule has 1 aromatic rings. The van der Waals surface area contributed by atoms with Gasteiger partial charge >= 0.3 is 6.03 Å². The van der Waals surface area contributed by atoms with Gasteiger partial charge in [-0.2, -0.15) is 0 Å². The Kier molecular flexibility index (Phi) is 5.38. The monoisotopic (exact) mass is 428 g/mol. The van der Waals surface area contributed by atoms with Gasteiger partial charge in [0.05, 0.1) is 19.9 Å². The molecule has 2 atom stereocenters. The van der Waals surface area contributed by atoms with Gasteiger partial charge in [0, 0.05) is 37.6 Å². The lowest BCUT2D eigenvalue weighted by Gasteiger charge is -2.35. The van der Waals surface area contributed by atoms with Crippen LogP contribution in [0, 0.1) is 0 Å². The van der Waals surface area contributed by atoms with Crippen molar-refractivity contribution in [2.75, 3.05) is 39.7 Å². The van der Waals surface area contributed by atoms with Crippen LogP contribution in [0.2, 0.25) is 0 Å². The topological polar surface area (TPSA) is 98.7 Å². The average molecular weight is 428 g/mol. The van der Waals surface area contributed by atoms with Crippen molar-refractivity contribution in [3.8, 4) is 11.5 Å². The maximum Gasteiger partial charge on any atom is 0.325 e. The van der Waals surface area contributed by atoms with Crippen LogP contribution in [0.25, 0.3) is 0 Å². The fourth-order valence-electron chi connectivity index (χ4n) is 4.21. The number of ether oxygens (including phenoxy) is 2. The number of hydrogen-bond donors (Lipinski definition) is 2. The maximum absolute atomic E-state index is 12.5. The van der Waals surface area contributed by atoms with Crippen molar-refractivity contribution < 1.29 is 19.1 Å². The number of anilines is 1. The lowest BCUT2D eigenvalue weighted by molar-refractivity contribution is -0.126. The highest BCUT2D eigenvalue weighted by Crippen LogP contribution is 2.36. The third-order valence-electron chi connectivity index (χ3n) is 6.05. The number of imide groups is 1. The number of hydrogen-bond acceptors (Lipinski definition) is 8. The van der Waals surface area contributed by atoms with E-state index in [1.165, 1.54) is 4.90 Å². The molecule has 1 aromatic carbocycles. The van der Waals surface area contributed by atoms with Gasteiger partial charge in [-0.25, -0.2) is 9.79 Å². The second kappa shape index (κ2) is 8.01. The molecule has 3 aliphatic heterocycles. The molecule has 0 aliphatic carbocycles. The minimum Gasteiger partial charge on any atom is -0.497 e. The highest BCUT2D eigenvalue weighted by molar-refractivity contribution is 6.05. The first-order valence-electron chi connectivity index (χ1n) is 10.2. The molecule has 0 aromatic heterocycles. The Bertz CT molecular complexity index is 975. The van der Waals surface area contributed by atoms with Crippen LogP contribution in [0.5, 0.6) is 11.5 Å². The van der Waals surface area contributed by atoms with Gasteiger partial charge in [0.2, 0.25) is 5.96 Å². The van der Waals surface area contributed by atoms with E-state index in [2.05, 4.69) is 15.5 Å². The summed E-state index contributed by atoms with van der Waals surface area (Å²) in [5.74, 6) is 1.92. The van der Waals surface area contributed by atoms with Crippen LogP contribution < -0.4 is 20.1 Å². The SMILES string of the molecule is COc1ccc(OC)c(NCCCN2C3=NC4C(C(=O)NC(=O)N4C)N3C(C)=C2C)c1. The van der Waals surface area contributed by atoms with Crippen molar-refractivity contribution in [1.29, 1.82) is 0 Å². The van der Waals surface area contributed by atoms with Gasteiger partial charge in [0.15, 0.2) is 12.2 Å². The van der Waals surface area contributed by atoms with E-state index in [0.717, 1.165) is 47.5 Å². The third kappa shape index (κ3) is 3.41. The van der Waals surface area contributed by atoms with Crippen molar-refractivity contribution in [2.45, 2.75) is 32.5 Å². The van der Waals surface area contributed by atoms with Crippen molar-refractivity contribution in [3.63, 3.8) is 0 Å². The average Bonchev–Trinajstić information content (AvgIpc) is 3.26. The van der Waals surface area contributed by atoms with Crippen LogP contribution in [0.3, 0.4) is 0 Å². The first-order chi connectivity index (χ1) is 14.9. The highest BCUT2D eigenvalue weighted by Gasteiger charge is 2.52. The Labute approximate surface area is 181 Å². The van der Waals surface area contributed by atoms with Crippen LogP contribution in [0.1, 0.15) is 20.3 Å². The molecule has 3 amide bonds. The molecule has 0 bridgehead atoms. The largest absolute Gasteiger partial charge is 0.497 e. The van der Waals surface area contributed by atoms with Crippen LogP contribution in [-0.4, -0.2) is 79.2 Å². The molecule has 10 nitrogen and oxygen atoms in total. The Morgan fingerprint density at radius 1 is 1.16 bits per heavy atom. The Balaban J connectivity index is 1.44. The number of urea groups is 1. The summed E-state index contributed by atoms with van der Waals surface area (Å²) in [6, 6.07) is 4.68. The van der Waals surface area contributed by atoms with Crippen molar-refractivity contribution in [3.05, 3.63) is 29.6 Å². The maximum atomic E-state index is 12.5. The molecule has 1 fully saturated rings. The Morgan fingerprint density at radius 3 is 2.65 bits per heavy atom. The van der Waals surface area contributed by atoms with E-state index >= 15 is 0 Å². The number of methoxy groups -OCH3 is 2. The quantitative estimate of drug-likeness (QED) is 0.637. The number of guanidine groups is 1. The van der Waals surface area contributed by atoms with E-state index in [4.69, 9.17) is 14.5 Å². The smallest absolute Gasteiger partial charge is 0.325 e. The minimum atomic E-state index is -0.531. The van der Waals surface area contributed by atoms with Crippen LogP contribution >= 0.6 is 0 Å². The fourth-order valence-corrected chi connectivity index (χ4v) is 4.21. The molecule has 166 valence electrons. The van der Waals surface area contributed by atoms with Crippen molar-refractivity contribution >= 4 is 23.6 Å². The zero-order valence-corrected chi connectivity index (χ0v) is 18.4. The predicted octanol–water partition coefficient (Wildman–Crippen LogP) is 1.62. The zero-order chi connectivity index (χ0) is 22.3. The molecule has 1 saturated heterocycles. The number of carbonyl (C=O) groups excluding carboxylic acids is 2. The molecular weight excluding hydrogens is 400 g/mol. The molecule has 3 heterocycles. The normalized spacial score (nSPS) is 22.4. The summed E-state index contributed by atoms with van der Waals surface area (Å²) in [5.41, 5.74) is 2.91.